The van der Waals surface area contributed by atoms with Gasteiger partial charge in [0.05, 0.1) is 17.3 Å². The van der Waals surface area contributed by atoms with Crippen molar-refractivity contribution >= 4 is 52.0 Å². The summed E-state index contributed by atoms with van der Waals surface area (Å²) in [6.45, 7) is 3.43. The number of hydrogen-bond acceptors (Lipinski definition) is 7. The zero-order valence-electron chi connectivity index (χ0n) is 22.5. The van der Waals surface area contributed by atoms with Crippen LogP contribution >= 0.6 is 12.4 Å². The summed E-state index contributed by atoms with van der Waals surface area (Å²) >= 11 is 0. The summed E-state index contributed by atoms with van der Waals surface area (Å²) in [5.41, 5.74) is 2.15. The van der Waals surface area contributed by atoms with Crippen LogP contribution in [0.3, 0.4) is 0 Å². The SMILES string of the molecule is CNC(=O)c1ccc2nnn(-c3ccc(C(=O)N(c4nccc5cccc(C)c45)[C@@H]4CCCNC4)c(F)c3)c2n1.Cl. The highest BCUT2D eigenvalue weighted by atomic mass is 35.5. The maximum atomic E-state index is 15.8. The number of pyridine rings is 2. The lowest BCUT2D eigenvalue weighted by atomic mass is 10.0. The van der Waals surface area contributed by atoms with Gasteiger partial charge in [0.25, 0.3) is 11.8 Å². The smallest absolute Gasteiger partial charge is 0.269 e. The lowest BCUT2D eigenvalue weighted by Crippen LogP contribution is -2.49. The highest BCUT2D eigenvalue weighted by Crippen LogP contribution is 2.32. The molecule has 1 saturated heterocycles. The Morgan fingerprint density at radius 1 is 1.15 bits per heavy atom. The number of fused-ring (bicyclic) bond motifs is 2. The van der Waals surface area contributed by atoms with E-state index in [2.05, 4.69) is 30.9 Å². The zero-order chi connectivity index (χ0) is 27.8. The number of aryl methyl sites for hydroxylation is 1. The van der Waals surface area contributed by atoms with Crippen LogP contribution in [-0.4, -0.2) is 63.0 Å². The Balaban J connectivity index is 0.00000337. The van der Waals surface area contributed by atoms with E-state index < -0.39 is 11.7 Å². The molecule has 2 aromatic carbocycles. The van der Waals surface area contributed by atoms with Crippen LogP contribution in [0, 0.1) is 12.7 Å². The van der Waals surface area contributed by atoms with Gasteiger partial charge in [-0.25, -0.2) is 14.4 Å². The molecule has 0 radical (unpaired) electrons. The van der Waals surface area contributed by atoms with Gasteiger partial charge in [0.1, 0.15) is 22.8 Å². The minimum Gasteiger partial charge on any atom is -0.354 e. The molecule has 4 heterocycles. The maximum absolute atomic E-state index is 15.8. The molecule has 5 aromatic rings. The lowest BCUT2D eigenvalue weighted by Gasteiger charge is -2.35. The van der Waals surface area contributed by atoms with Gasteiger partial charge in [0.2, 0.25) is 0 Å². The van der Waals surface area contributed by atoms with Crippen molar-refractivity contribution in [2.45, 2.75) is 25.8 Å². The fourth-order valence-electron chi connectivity index (χ4n) is 5.24. The van der Waals surface area contributed by atoms with Gasteiger partial charge in [-0.15, -0.1) is 17.5 Å². The molecule has 2 amide bonds. The van der Waals surface area contributed by atoms with Crippen molar-refractivity contribution in [1.82, 2.24) is 35.6 Å². The van der Waals surface area contributed by atoms with Gasteiger partial charge in [-0.05, 0) is 67.6 Å². The number of piperidine rings is 1. The number of hydrogen-bond donors (Lipinski definition) is 2. The first-order valence-corrected chi connectivity index (χ1v) is 13.1. The van der Waals surface area contributed by atoms with Crippen molar-refractivity contribution in [2.75, 3.05) is 25.0 Å². The van der Waals surface area contributed by atoms with Crippen LogP contribution in [0.15, 0.2) is 60.8 Å². The van der Waals surface area contributed by atoms with E-state index in [4.69, 9.17) is 0 Å². The second-order valence-corrected chi connectivity index (χ2v) is 9.77. The molecule has 0 saturated carbocycles. The van der Waals surface area contributed by atoms with Crippen molar-refractivity contribution in [2.24, 2.45) is 0 Å². The third kappa shape index (κ3) is 5.09. The molecule has 1 atom stereocenters. The third-order valence-electron chi connectivity index (χ3n) is 7.25. The van der Waals surface area contributed by atoms with Crippen molar-refractivity contribution in [3.63, 3.8) is 0 Å². The van der Waals surface area contributed by atoms with Crippen LogP contribution in [0.25, 0.3) is 27.6 Å². The normalized spacial score (nSPS) is 15.0. The van der Waals surface area contributed by atoms with E-state index in [0.29, 0.717) is 29.2 Å². The van der Waals surface area contributed by atoms with E-state index in [1.165, 1.54) is 23.9 Å². The number of benzene rings is 2. The van der Waals surface area contributed by atoms with E-state index in [0.717, 1.165) is 35.7 Å². The molecule has 1 fully saturated rings. The molecule has 210 valence electrons. The Kier molecular flexibility index (Phi) is 7.91. The Morgan fingerprint density at radius 3 is 2.76 bits per heavy atom. The molecule has 6 rings (SSSR count). The molecule has 1 aliphatic heterocycles. The lowest BCUT2D eigenvalue weighted by molar-refractivity contribution is 0.0953. The average molecular weight is 575 g/mol. The fourth-order valence-corrected chi connectivity index (χ4v) is 5.24. The van der Waals surface area contributed by atoms with Crippen molar-refractivity contribution in [3.8, 4) is 5.69 Å². The van der Waals surface area contributed by atoms with Crippen LogP contribution in [0.2, 0.25) is 0 Å². The minimum atomic E-state index is -0.709. The molecule has 0 aliphatic carbocycles. The summed E-state index contributed by atoms with van der Waals surface area (Å²) in [7, 11) is 1.51. The second kappa shape index (κ2) is 11.6. The van der Waals surface area contributed by atoms with Crippen LogP contribution in [-0.2, 0) is 0 Å². The molecule has 0 spiro atoms. The van der Waals surface area contributed by atoms with Crippen molar-refractivity contribution in [1.29, 1.82) is 0 Å². The number of anilines is 1. The number of nitrogens with one attached hydrogen (secondary N) is 2. The van der Waals surface area contributed by atoms with Crippen molar-refractivity contribution < 1.29 is 14.0 Å². The summed E-state index contributed by atoms with van der Waals surface area (Å²) in [6, 6.07) is 15.1. The van der Waals surface area contributed by atoms with E-state index in [9.17, 15) is 9.59 Å². The minimum absolute atomic E-state index is 0. The fraction of sp³-hybridized carbons (Fsp3) is 0.241. The number of amides is 2. The Bertz CT molecular complexity index is 1760. The first kappa shape index (κ1) is 28.1. The standard InChI is InChI=1S/C29H27FN8O2.ClH/c1-17-5-3-6-18-12-14-33-27(25(17)18)37(20-7-4-13-32-16-20)29(40)21-9-8-19(15-22(21)30)38-26-23(35-36-38)10-11-24(34-26)28(39)31-2;/h3,5-6,8-12,14-15,20,32H,4,7,13,16H2,1-2H3,(H,31,39);1H/t20-;/m1./s1. The van der Waals surface area contributed by atoms with E-state index >= 15 is 4.39 Å². The largest absolute Gasteiger partial charge is 0.354 e. The Morgan fingerprint density at radius 2 is 2.00 bits per heavy atom. The summed E-state index contributed by atoms with van der Waals surface area (Å²) in [5.74, 6) is -1.02. The number of aromatic nitrogens is 5. The summed E-state index contributed by atoms with van der Waals surface area (Å²) in [4.78, 5) is 36.8. The summed E-state index contributed by atoms with van der Waals surface area (Å²) in [6.07, 6.45) is 3.35. The molecule has 12 heteroatoms. The summed E-state index contributed by atoms with van der Waals surface area (Å²) < 4.78 is 17.1. The first-order valence-electron chi connectivity index (χ1n) is 13.1. The number of nitrogens with zero attached hydrogens (tertiary/aromatic N) is 6. The predicted molar refractivity (Wildman–Crippen MR) is 156 cm³/mol. The monoisotopic (exact) mass is 574 g/mol. The van der Waals surface area contributed by atoms with Crippen LogP contribution in [0.1, 0.15) is 39.3 Å². The highest BCUT2D eigenvalue weighted by Gasteiger charge is 2.32. The Labute approximate surface area is 241 Å². The molecule has 0 bridgehead atoms. The average Bonchev–Trinajstić information content (AvgIpc) is 3.41. The van der Waals surface area contributed by atoms with E-state index in [1.54, 1.807) is 29.3 Å². The quantitative estimate of drug-likeness (QED) is 0.326. The number of rotatable bonds is 5. The molecule has 41 heavy (non-hydrogen) atoms. The van der Waals surface area contributed by atoms with Gasteiger partial charge in [-0.1, -0.05) is 23.4 Å². The van der Waals surface area contributed by atoms with Gasteiger partial charge < -0.3 is 10.6 Å². The third-order valence-corrected chi connectivity index (χ3v) is 7.25. The zero-order valence-corrected chi connectivity index (χ0v) is 23.3. The molecule has 3 aromatic heterocycles. The molecule has 2 N–H and O–H groups in total. The van der Waals surface area contributed by atoms with Crippen LogP contribution in [0.4, 0.5) is 10.2 Å². The van der Waals surface area contributed by atoms with E-state index in [-0.39, 0.29) is 35.6 Å². The number of halogens is 2. The van der Waals surface area contributed by atoms with Gasteiger partial charge in [-0.3, -0.25) is 14.5 Å². The van der Waals surface area contributed by atoms with Crippen molar-refractivity contribution in [3.05, 3.63) is 83.4 Å². The second-order valence-electron chi connectivity index (χ2n) is 9.77. The number of carbonyl (C=O) groups excluding carboxylic acids is 2. The Hall–Kier alpha value is -4.48. The van der Waals surface area contributed by atoms with Gasteiger partial charge >= 0.3 is 0 Å². The van der Waals surface area contributed by atoms with Crippen LogP contribution < -0.4 is 15.5 Å². The molecule has 0 unspecified atom stereocenters. The van der Waals surface area contributed by atoms with Gasteiger partial charge in [-0.2, -0.15) is 4.68 Å². The predicted octanol–water partition coefficient (Wildman–Crippen LogP) is 3.99. The molecule has 1 aliphatic rings. The first-order chi connectivity index (χ1) is 19.5. The van der Waals surface area contributed by atoms with Crippen LogP contribution in [0.5, 0.6) is 0 Å². The molecular weight excluding hydrogens is 547 g/mol. The topological polar surface area (TPSA) is 118 Å². The van der Waals surface area contributed by atoms with Gasteiger partial charge in [0.15, 0.2) is 5.65 Å². The summed E-state index contributed by atoms with van der Waals surface area (Å²) in [5, 5.41) is 15.9. The van der Waals surface area contributed by atoms with E-state index in [1.807, 2.05) is 31.2 Å². The molecule has 10 nitrogen and oxygen atoms in total. The molecular formula is C29H28ClFN8O2. The van der Waals surface area contributed by atoms with Gasteiger partial charge in [0, 0.05) is 31.2 Å². The number of carbonyl (C=O) groups is 2. The highest BCUT2D eigenvalue weighted by molar-refractivity contribution is 6.11. The maximum Gasteiger partial charge on any atom is 0.269 e.